The maximum atomic E-state index is 13.9. The highest BCUT2D eigenvalue weighted by molar-refractivity contribution is 5.80. The molecule has 0 atom stereocenters. The van der Waals surface area contributed by atoms with Crippen molar-refractivity contribution in [1.29, 1.82) is 0 Å². The van der Waals surface area contributed by atoms with Gasteiger partial charge >= 0.3 is 0 Å². The molecule has 6 heteroatoms. The van der Waals surface area contributed by atoms with Gasteiger partial charge in [0.15, 0.2) is 11.5 Å². The molecule has 0 amide bonds. The first kappa shape index (κ1) is 9.95. The molecule has 0 saturated heterocycles. The zero-order valence-electron chi connectivity index (χ0n) is 8.77. The molecule has 0 spiro atoms. The molecular weight excluding hydrogens is 227 g/mol. The lowest BCUT2D eigenvalue weighted by molar-refractivity contribution is 0.171. The number of fused-ring (bicyclic) bond motifs is 1. The molecule has 5 nitrogen and oxygen atoms in total. The van der Waals surface area contributed by atoms with Crippen LogP contribution in [0.3, 0.4) is 0 Å². The van der Waals surface area contributed by atoms with E-state index in [2.05, 4.69) is 5.16 Å². The van der Waals surface area contributed by atoms with Crippen molar-refractivity contribution in [1.82, 2.24) is 5.16 Å². The molecule has 0 radical (unpaired) electrons. The number of nitrogens with zero attached hydrogens (tertiary/aromatic N) is 1. The van der Waals surface area contributed by atoms with Gasteiger partial charge in [-0.05, 0) is 12.1 Å². The molecule has 0 unspecified atom stereocenters. The van der Waals surface area contributed by atoms with E-state index in [4.69, 9.17) is 19.7 Å². The van der Waals surface area contributed by atoms with Crippen molar-refractivity contribution in [3.8, 4) is 22.6 Å². The number of rotatable bonds is 1. The summed E-state index contributed by atoms with van der Waals surface area (Å²) in [6.45, 7) is 0.811. The molecule has 1 aliphatic heterocycles. The summed E-state index contributed by atoms with van der Waals surface area (Å²) in [7, 11) is 0. The smallest absolute Gasteiger partial charge is 0.230 e. The van der Waals surface area contributed by atoms with Crippen molar-refractivity contribution >= 4 is 5.88 Å². The van der Waals surface area contributed by atoms with Crippen LogP contribution in [-0.2, 0) is 0 Å². The van der Waals surface area contributed by atoms with E-state index in [1.807, 2.05) is 0 Å². The Morgan fingerprint density at radius 1 is 1.24 bits per heavy atom. The van der Waals surface area contributed by atoms with Crippen molar-refractivity contribution in [3.05, 3.63) is 24.1 Å². The first-order valence-corrected chi connectivity index (χ1v) is 5.06. The van der Waals surface area contributed by atoms with Crippen LogP contribution in [-0.4, -0.2) is 18.4 Å². The largest absolute Gasteiger partial charge is 0.486 e. The molecule has 2 aromatic rings. The highest BCUT2D eigenvalue weighted by Crippen LogP contribution is 2.43. The topological polar surface area (TPSA) is 70.5 Å². The molecule has 2 heterocycles. The molecule has 17 heavy (non-hydrogen) atoms. The van der Waals surface area contributed by atoms with Gasteiger partial charge in [-0.1, -0.05) is 5.16 Å². The van der Waals surface area contributed by atoms with Crippen LogP contribution in [0.2, 0.25) is 0 Å². The van der Waals surface area contributed by atoms with Crippen molar-refractivity contribution in [2.24, 2.45) is 0 Å². The monoisotopic (exact) mass is 236 g/mol. The lowest BCUT2D eigenvalue weighted by atomic mass is 10.1. The molecule has 3 rings (SSSR count). The zero-order chi connectivity index (χ0) is 11.8. The van der Waals surface area contributed by atoms with E-state index in [9.17, 15) is 4.39 Å². The first-order chi connectivity index (χ1) is 8.27. The summed E-state index contributed by atoms with van der Waals surface area (Å²) in [5.74, 6) is 0.426. The molecule has 0 fully saturated rings. The minimum Gasteiger partial charge on any atom is -0.486 e. The maximum absolute atomic E-state index is 13.9. The summed E-state index contributed by atoms with van der Waals surface area (Å²) < 4.78 is 29.4. The normalized spacial score (nSPS) is 13.7. The first-order valence-electron chi connectivity index (χ1n) is 5.06. The number of nitrogens with two attached hydrogens (primary N) is 1. The minimum absolute atomic E-state index is 0.0477. The fourth-order valence-corrected chi connectivity index (χ4v) is 1.78. The summed E-state index contributed by atoms with van der Waals surface area (Å²) in [6.07, 6.45) is 1.35. The Hall–Kier alpha value is -2.24. The molecule has 0 aliphatic carbocycles. The molecule has 0 bridgehead atoms. The zero-order valence-corrected chi connectivity index (χ0v) is 8.77. The Morgan fingerprint density at radius 3 is 2.82 bits per heavy atom. The van der Waals surface area contributed by atoms with E-state index in [0.717, 1.165) is 0 Å². The van der Waals surface area contributed by atoms with Crippen LogP contribution in [0.1, 0.15) is 0 Å². The second-order valence-electron chi connectivity index (χ2n) is 3.55. The van der Waals surface area contributed by atoms with E-state index in [-0.39, 0.29) is 11.4 Å². The van der Waals surface area contributed by atoms with Gasteiger partial charge < -0.3 is 19.7 Å². The SMILES string of the molecule is Nc1oncc1-c1c(F)ccc2c1OCCO2. The predicted octanol–water partition coefficient (Wildman–Crippen LogP) is 1.83. The van der Waals surface area contributed by atoms with Crippen molar-refractivity contribution < 1.29 is 18.4 Å². The van der Waals surface area contributed by atoms with Gasteiger partial charge in [-0.15, -0.1) is 0 Å². The summed E-state index contributed by atoms with van der Waals surface area (Å²) in [4.78, 5) is 0. The molecule has 1 aliphatic rings. The number of aromatic nitrogens is 1. The Kier molecular flexibility index (Phi) is 2.14. The van der Waals surface area contributed by atoms with Gasteiger partial charge in [0, 0.05) is 0 Å². The second kappa shape index (κ2) is 3.65. The number of hydrogen-bond donors (Lipinski definition) is 1. The van der Waals surface area contributed by atoms with Crippen LogP contribution in [0.15, 0.2) is 22.9 Å². The van der Waals surface area contributed by atoms with E-state index in [0.29, 0.717) is 30.3 Å². The molecule has 2 N–H and O–H groups in total. The Bertz CT molecular complexity index is 568. The highest BCUT2D eigenvalue weighted by Gasteiger charge is 2.23. The van der Waals surface area contributed by atoms with Gasteiger partial charge in [0.2, 0.25) is 5.88 Å². The van der Waals surface area contributed by atoms with Gasteiger partial charge in [-0.2, -0.15) is 0 Å². The molecule has 1 aromatic carbocycles. The van der Waals surface area contributed by atoms with Crippen LogP contribution in [0, 0.1) is 5.82 Å². The lowest BCUT2D eigenvalue weighted by Crippen LogP contribution is -2.16. The van der Waals surface area contributed by atoms with E-state index in [1.54, 1.807) is 0 Å². The lowest BCUT2D eigenvalue weighted by Gasteiger charge is -2.20. The van der Waals surface area contributed by atoms with E-state index >= 15 is 0 Å². The van der Waals surface area contributed by atoms with Gasteiger partial charge in [0.1, 0.15) is 19.0 Å². The summed E-state index contributed by atoms with van der Waals surface area (Å²) in [5, 5.41) is 3.53. The summed E-state index contributed by atoms with van der Waals surface area (Å²) in [6, 6.07) is 2.83. The number of benzene rings is 1. The van der Waals surface area contributed by atoms with Crippen molar-refractivity contribution in [2.45, 2.75) is 0 Å². The van der Waals surface area contributed by atoms with E-state index < -0.39 is 5.82 Å². The Labute approximate surface area is 95.9 Å². The number of hydrogen-bond acceptors (Lipinski definition) is 5. The second-order valence-corrected chi connectivity index (χ2v) is 3.55. The number of anilines is 1. The van der Waals surface area contributed by atoms with Crippen LogP contribution >= 0.6 is 0 Å². The molecule has 1 aromatic heterocycles. The van der Waals surface area contributed by atoms with E-state index in [1.165, 1.54) is 18.3 Å². The van der Waals surface area contributed by atoms with Crippen LogP contribution in [0.25, 0.3) is 11.1 Å². The minimum atomic E-state index is -0.454. The third-order valence-corrected chi connectivity index (χ3v) is 2.53. The Morgan fingerprint density at radius 2 is 2.06 bits per heavy atom. The number of ether oxygens (including phenoxy) is 2. The standard InChI is InChI=1S/C11H9FN2O3/c12-7-1-2-8-10(16-4-3-15-8)9(7)6-5-14-17-11(6)13/h1-2,5H,3-4,13H2. The summed E-state index contributed by atoms with van der Waals surface area (Å²) in [5.41, 5.74) is 6.17. The average molecular weight is 236 g/mol. The Balaban J connectivity index is 2.25. The fourth-order valence-electron chi connectivity index (χ4n) is 1.78. The molecule has 88 valence electrons. The van der Waals surface area contributed by atoms with Gasteiger partial charge in [0.25, 0.3) is 0 Å². The maximum Gasteiger partial charge on any atom is 0.230 e. The third kappa shape index (κ3) is 1.49. The van der Waals surface area contributed by atoms with Gasteiger partial charge in [-0.25, -0.2) is 4.39 Å². The third-order valence-electron chi connectivity index (χ3n) is 2.53. The number of nitrogen functional groups attached to an aromatic ring is 1. The van der Waals surface area contributed by atoms with Crippen LogP contribution in [0.5, 0.6) is 11.5 Å². The number of halogens is 1. The summed E-state index contributed by atoms with van der Waals surface area (Å²) >= 11 is 0. The molecular formula is C11H9FN2O3. The average Bonchev–Trinajstić information content (AvgIpc) is 2.75. The van der Waals surface area contributed by atoms with Crippen LogP contribution < -0.4 is 15.2 Å². The predicted molar refractivity (Wildman–Crippen MR) is 57.3 cm³/mol. The quantitative estimate of drug-likeness (QED) is 0.817. The van der Waals surface area contributed by atoms with Crippen molar-refractivity contribution in [2.75, 3.05) is 18.9 Å². The van der Waals surface area contributed by atoms with Gasteiger partial charge in [-0.3, -0.25) is 0 Å². The van der Waals surface area contributed by atoms with Crippen molar-refractivity contribution in [3.63, 3.8) is 0 Å². The molecule has 0 saturated carbocycles. The van der Waals surface area contributed by atoms with Gasteiger partial charge in [0.05, 0.1) is 17.3 Å². The van der Waals surface area contributed by atoms with Crippen LogP contribution in [0.4, 0.5) is 10.3 Å². The fraction of sp³-hybridized carbons (Fsp3) is 0.182. The highest BCUT2D eigenvalue weighted by atomic mass is 19.1.